The summed E-state index contributed by atoms with van der Waals surface area (Å²) in [7, 11) is 2.44. The second-order valence-corrected chi connectivity index (χ2v) is 5.79. The van der Waals surface area contributed by atoms with Gasteiger partial charge in [-0.1, -0.05) is 19.9 Å². The van der Waals surface area contributed by atoms with Crippen molar-refractivity contribution in [2.24, 2.45) is 10.4 Å². The number of aliphatic imine (C=N–C) groups is 1. The Balaban J connectivity index is 5.37. The number of rotatable bonds is 4. The van der Waals surface area contributed by atoms with Crippen LogP contribution in [0.5, 0.6) is 0 Å². The van der Waals surface area contributed by atoms with Crippen LogP contribution in [0.4, 0.5) is 0 Å². The molecule has 0 N–H and O–H groups in total. The highest BCUT2D eigenvalue weighted by molar-refractivity contribution is 6.14. The third-order valence-corrected chi connectivity index (χ3v) is 2.11. The summed E-state index contributed by atoms with van der Waals surface area (Å²) in [6.45, 7) is 9.57. The maximum Gasteiger partial charge on any atom is 0.344 e. The maximum atomic E-state index is 11.6. The van der Waals surface area contributed by atoms with Crippen LogP contribution >= 0.6 is 0 Å². The highest BCUT2D eigenvalue weighted by atomic mass is 16.5. The first-order valence-corrected chi connectivity index (χ1v) is 5.98. The molecule has 0 fully saturated rings. The number of esters is 2. The Kier molecular flexibility index (Phi) is 5.93. The summed E-state index contributed by atoms with van der Waals surface area (Å²) in [6, 6.07) is 0. The van der Waals surface area contributed by atoms with Gasteiger partial charge in [0, 0.05) is 11.6 Å². The third-order valence-electron chi connectivity index (χ3n) is 2.11. The van der Waals surface area contributed by atoms with Gasteiger partial charge in [0.2, 0.25) is 0 Å². The molecule has 0 aromatic carbocycles. The quantitative estimate of drug-likeness (QED) is 0.258. The number of allylic oxidation sites excluding steroid dienone is 1. The molecule has 0 aromatic rings. The molecule has 0 saturated heterocycles. The predicted molar refractivity (Wildman–Crippen MR) is 74.1 cm³/mol. The average molecular weight is 269 g/mol. The molecule has 0 unspecified atom stereocenters. The highest BCUT2D eigenvalue weighted by Gasteiger charge is 2.24. The van der Waals surface area contributed by atoms with Crippen LogP contribution in [0.2, 0.25) is 0 Å². The Bertz CT molecular complexity index is 382. The third kappa shape index (κ3) is 6.74. The van der Waals surface area contributed by atoms with Gasteiger partial charge in [0.1, 0.15) is 5.57 Å². The molecule has 108 valence electrons. The zero-order valence-corrected chi connectivity index (χ0v) is 12.7. The summed E-state index contributed by atoms with van der Waals surface area (Å²) in [5.41, 5.74) is -0.914. The van der Waals surface area contributed by atoms with Crippen molar-refractivity contribution in [2.75, 3.05) is 14.2 Å². The van der Waals surface area contributed by atoms with Crippen molar-refractivity contribution < 1.29 is 19.1 Å². The summed E-state index contributed by atoms with van der Waals surface area (Å²) in [5.74, 6) is -1.44. The van der Waals surface area contributed by atoms with Crippen molar-refractivity contribution >= 4 is 18.2 Å². The van der Waals surface area contributed by atoms with E-state index in [1.165, 1.54) is 20.3 Å². The largest absolute Gasteiger partial charge is 0.465 e. The van der Waals surface area contributed by atoms with Gasteiger partial charge < -0.3 is 9.47 Å². The Labute approximate surface area is 114 Å². The van der Waals surface area contributed by atoms with Crippen molar-refractivity contribution in [1.29, 1.82) is 0 Å². The molecule has 0 spiro atoms. The minimum atomic E-state index is -0.718. The number of hydrogen-bond donors (Lipinski definition) is 0. The summed E-state index contributed by atoms with van der Waals surface area (Å²) >= 11 is 0. The van der Waals surface area contributed by atoms with Crippen molar-refractivity contribution in [3.8, 4) is 0 Å². The molecule has 5 heteroatoms. The molecular formula is C14H23NO4. The second-order valence-electron chi connectivity index (χ2n) is 5.79. The van der Waals surface area contributed by atoms with E-state index in [1.807, 2.05) is 34.6 Å². The smallest absolute Gasteiger partial charge is 0.344 e. The first kappa shape index (κ1) is 17.4. The summed E-state index contributed by atoms with van der Waals surface area (Å²) in [6.07, 6.45) is 3.21. The molecular weight excluding hydrogens is 246 g/mol. The van der Waals surface area contributed by atoms with E-state index in [9.17, 15) is 9.59 Å². The predicted octanol–water partition coefficient (Wildman–Crippen LogP) is 2.15. The fourth-order valence-electron chi connectivity index (χ4n) is 1.19. The van der Waals surface area contributed by atoms with Gasteiger partial charge in [0.05, 0.1) is 19.8 Å². The zero-order valence-electron chi connectivity index (χ0n) is 12.7. The number of nitrogens with zero attached hydrogens (tertiary/aromatic N) is 1. The van der Waals surface area contributed by atoms with Gasteiger partial charge in [-0.2, -0.15) is 0 Å². The maximum absolute atomic E-state index is 11.6. The topological polar surface area (TPSA) is 65.0 Å². The Morgan fingerprint density at radius 2 is 1.37 bits per heavy atom. The monoisotopic (exact) mass is 269 g/mol. The van der Waals surface area contributed by atoms with Crippen molar-refractivity contribution in [1.82, 2.24) is 0 Å². The van der Waals surface area contributed by atoms with Gasteiger partial charge in [0.25, 0.3) is 0 Å². The molecule has 0 aliphatic carbocycles. The number of ether oxygens (including phenoxy) is 2. The van der Waals surface area contributed by atoms with Crippen LogP contribution in [-0.4, -0.2) is 37.9 Å². The van der Waals surface area contributed by atoms with E-state index < -0.39 is 17.4 Å². The molecule has 0 aliphatic heterocycles. The lowest BCUT2D eigenvalue weighted by Gasteiger charge is -2.19. The van der Waals surface area contributed by atoms with Crippen molar-refractivity contribution in [2.45, 2.75) is 40.2 Å². The Hall–Kier alpha value is -1.65. The fraction of sp³-hybridized carbons (Fsp3) is 0.643. The summed E-state index contributed by atoms with van der Waals surface area (Å²) < 4.78 is 9.15. The fourth-order valence-corrected chi connectivity index (χ4v) is 1.19. The lowest BCUT2D eigenvalue weighted by molar-refractivity contribution is -0.144. The van der Waals surface area contributed by atoms with Gasteiger partial charge in [-0.3, -0.25) is 4.99 Å². The van der Waals surface area contributed by atoms with Gasteiger partial charge >= 0.3 is 11.9 Å². The molecule has 0 amide bonds. The highest BCUT2D eigenvalue weighted by Crippen LogP contribution is 2.20. The summed E-state index contributed by atoms with van der Waals surface area (Å²) in [5, 5.41) is 0. The van der Waals surface area contributed by atoms with E-state index in [0.717, 1.165) is 0 Å². The van der Waals surface area contributed by atoms with E-state index in [-0.39, 0.29) is 11.1 Å². The number of hydrogen-bond acceptors (Lipinski definition) is 5. The Morgan fingerprint density at radius 1 is 0.947 bits per heavy atom. The van der Waals surface area contributed by atoms with Gasteiger partial charge in [0.15, 0.2) is 0 Å². The lowest BCUT2D eigenvalue weighted by atomic mass is 9.91. The molecule has 0 radical (unpaired) electrons. The molecule has 0 saturated carbocycles. The summed E-state index contributed by atoms with van der Waals surface area (Å²) in [4.78, 5) is 27.5. The molecule has 0 heterocycles. The molecule has 0 bridgehead atoms. The van der Waals surface area contributed by atoms with Crippen LogP contribution in [0.25, 0.3) is 0 Å². The van der Waals surface area contributed by atoms with Crippen molar-refractivity contribution in [3.05, 3.63) is 11.6 Å². The minimum Gasteiger partial charge on any atom is -0.465 e. The van der Waals surface area contributed by atoms with Gasteiger partial charge in [-0.25, -0.2) is 9.59 Å². The first-order valence-electron chi connectivity index (χ1n) is 5.98. The van der Waals surface area contributed by atoms with E-state index >= 15 is 0 Å². The van der Waals surface area contributed by atoms with Crippen LogP contribution in [0.15, 0.2) is 16.6 Å². The van der Waals surface area contributed by atoms with E-state index in [2.05, 4.69) is 14.5 Å². The SMILES string of the molecule is COC(=O)C(=CC(C)(C)C=NC(C)(C)C)C(=O)OC. The molecule has 5 nitrogen and oxygen atoms in total. The van der Waals surface area contributed by atoms with Crippen LogP contribution in [0, 0.1) is 5.41 Å². The second kappa shape index (κ2) is 6.50. The zero-order chi connectivity index (χ0) is 15.3. The molecule has 0 atom stereocenters. The first-order chi connectivity index (χ1) is 8.52. The lowest BCUT2D eigenvalue weighted by Crippen LogP contribution is -2.22. The number of carbonyl (C=O) groups excluding carboxylic acids is 2. The molecule has 0 aliphatic rings. The van der Waals surface area contributed by atoms with Crippen LogP contribution in [0.3, 0.4) is 0 Å². The molecule has 0 rings (SSSR count). The van der Waals surface area contributed by atoms with E-state index in [4.69, 9.17) is 0 Å². The number of methoxy groups -OCH3 is 2. The van der Waals surface area contributed by atoms with Crippen LogP contribution in [0.1, 0.15) is 34.6 Å². The van der Waals surface area contributed by atoms with E-state index in [1.54, 1.807) is 6.21 Å². The normalized spacial score (nSPS) is 12.2. The van der Waals surface area contributed by atoms with E-state index in [0.29, 0.717) is 0 Å². The van der Waals surface area contributed by atoms with Gasteiger partial charge in [-0.05, 0) is 20.8 Å². The molecule has 0 aromatic heterocycles. The average Bonchev–Trinajstić information content (AvgIpc) is 2.31. The minimum absolute atomic E-state index is 0.129. The molecule has 19 heavy (non-hydrogen) atoms. The standard InChI is InChI=1S/C14H23NO4/c1-13(2,3)15-9-14(4,5)8-10(11(16)18-6)12(17)19-7/h8-9H,1-7H3. The van der Waals surface area contributed by atoms with Crippen molar-refractivity contribution in [3.63, 3.8) is 0 Å². The number of carbonyl (C=O) groups is 2. The Morgan fingerprint density at radius 3 is 1.68 bits per heavy atom. The van der Waals surface area contributed by atoms with Crippen LogP contribution in [-0.2, 0) is 19.1 Å². The van der Waals surface area contributed by atoms with Crippen LogP contribution < -0.4 is 0 Å². The van der Waals surface area contributed by atoms with Gasteiger partial charge in [-0.15, -0.1) is 0 Å².